The molecule has 0 aliphatic carbocycles. The van der Waals surface area contributed by atoms with Gasteiger partial charge in [-0.15, -0.1) is 10.2 Å². The second-order valence-corrected chi connectivity index (χ2v) is 5.52. The Morgan fingerprint density at radius 1 is 1.36 bits per heavy atom. The molecule has 11 heteroatoms. The summed E-state index contributed by atoms with van der Waals surface area (Å²) in [5.74, 6) is -0.208. The van der Waals surface area contributed by atoms with Gasteiger partial charge in [0.15, 0.2) is 5.65 Å². The summed E-state index contributed by atoms with van der Waals surface area (Å²) in [6.45, 7) is 0.756. The summed E-state index contributed by atoms with van der Waals surface area (Å²) in [5, 5.41) is 9.80. The fourth-order valence-corrected chi connectivity index (χ4v) is 2.45. The highest BCUT2D eigenvalue weighted by Crippen LogP contribution is 2.33. The van der Waals surface area contributed by atoms with E-state index in [1.807, 2.05) is 0 Å². The summed E-state index contributed by atoms with van der Waals surface area (Å²) >= 11 is 5.76. The van der Waals surface area contributed by atoms with Gasteiger partial charge in [-0.25, -0.2) is 0 Å². The minimum absolute atomic E-state index is 0.0414. The van der Waals surface area contributed by atoms with Crippen molar-refractivity contribution in [1.82, 2.24) is 19.9 Å². The third kappa shape index (κ3) is 3.78. The fourth-order valence-electron chi connectivity index (χ4n) is 2.25. The highest BCUT2D eigenvalue weighted by atomic mass is 35.5. The number of hydrogen-bond donors (Lipinski definition) is 1. The molecule has 0 spiro atoms. The largest absolute Gasteiger partial charge is 0.494 e. The second-order valence-electron chi connectivity index (χ2n) is 5.09. The molecule has 25 heavy (non-hydrogen) atoms. The molecule has 0 unspecified atom stereocenters. The third-order valence-corrected chi connectivity index (χ3v) is 3.56. The van der Waals surface area contributed by atoms with Crippen LogP contribution in [0, 0.1) is 0 Å². The van der Waals surface area contributed by atoms with Gasteiger partial charge in [0, 0.05) is 19.2 Å². The predicted molar refractivity (Wildman–Crippen MR) is 79.7 cm³/mol. The van der Waals surface area contributed by atoms with E-state index in [2.05, 4.69) is 15.5 Å². The van der Waals surface area contributed by atoms with Crippen molar-refractivity contribution in [3.8, 4) is 0 Å². The molecule has 134 valence electrons. The molecule has 0 bridgehead atoms. The van der Waals surface area contributed by atoms with Crippen molar-refractivity contribution in [2.24, 2.45) is 0 Å². The highest BCUT2D eigenvalue weighted by molar-refractivity contribution is 6.30. The SMILES string of the molecule is O=C(NCCc1nnc2c(C(F)(F)F)cc(Cl)cn12)C1=COCCO1. The van der Waals surface area contributed by atoms with E-state index in [0.29, 0.717) is 6.61 Å². The molecule has 1 N–H and O–H groups in total. The summed E-state index contributed by atoms with van der Waals surface area (Å²) in [5.41, 5.74) is -1.31. The molecular formula is C14H12ClF3N4O3. The minimum atomic E-state index is -4.60. The second kappa shape index (κ2) is 6.79. The Hall–Kier alpha value is -2.49. The molecule has 0 radical (unpaired) electrons. The number of carbonyl (C=O) groups is 1. The number of fused-ring (bicyclic) bond motifs is 1. The van der Waals surface area contributed by atoms with Gasteiger partial charge in [-0.05, 0) is 6.07 Å². The van der Waals surface area contributed by atoms with Crippen molar-refractivity contribution in [2.45, 2.75) is 12.6 Å². The Labute approximate surface area is 144 Å². The van der Waals surface area contributed by atoms with E-state index in [4.69, 9.17) is 21.1 Å². The van der Waals surface area contributed by atoms with Gasteiger partial charge in [0.1, 0.15) is 30.9 Å². The van der Waals surface area contributed by atoms with E-state index >= 15 is 0 Å². The lowest BCUT2D eigenvalue weighted by atomic mass is 10.2. The lowest BCUT2D eigenvalue weighted by molar-refractivity contribution is -0.136. The number of ether oxygens (including phenoxy) is 2. The molecule has 1 aliphatic rings. The quantitative estimate of drug-likeness (QED) is 0.882. The van der Waals surface area contributed by atoms with Gasteiger partial charge in [0.25, 0.3) is 5.91 Å². The Balaban J connectivity index is 1.73. The Kier molecular flexibility index (Phi) is 4.71. The lowest BCUT2D eigenvalue weighted by Crippen LogP contribution is -2.30. The highest BCUT2D eigenvalue weighted by Gasteiger charge is 2.35. The smallest absolute Gasteiger partial charge is 0.420 e. The molecule has 3 heterocycles. The molecule has 3 rings (SSSR count). The molecule has 0 aromatic carbocycles. The van der Waals surface area contributed by atoms with Crippen LogP contribution in [0.5, 0.6) is 0 Å². The summed E-state index contributed by atoms with van der Waals surface area (Å²) in [6, 6.07) is 0.796. The van der Waals surface area contributed by atoms with Gasteiger partial charge in [-0.3, -0.25) is 9.20 Å². The molecule has 1 amide bonds. The van der Waals surface area contributed by atoms with Crippen LogP contribution in [0.2, 0.25) is 5.02 Å². The zero-order valence-corrected chi connectivity index (χ0v) is 13.4. The number of alkyl halides is 3. The number of carbonyl (C=O) groups excluding carboxylic acids is 1. The molecule has 0 saturated heterocycles. The van der Waals surface area contributed by atoms with E-state index in [0.717, 1.165) is 10.5 Å². The van der Waals surface area contributed by atoms with Crippen LogP contribution in [0.25, 0.3) is 5.65 Å². The van der Waals surface area contributed by atoms with Crippen molar-refractivity contribution >= 4 is 23.2 Å². The normalized spacial score (nSPS) is 14.6. The van der Waals surface area contributed by atoms with Gasteiger partial charge in [-0.1, -0.05) is 11.6 Å². The fraction of sp³-hybridized carbons (Fsp3) is 0.357. The van der Waals surface area contributed by atoms with Crippen LogP contribution in [0.15, 0.2) is 24.3 Å². The summed E-state index contributed by atoms with van der Waals surface area (Å²) < 4.78 is 50.4. The maximum absolute atomic E-state index is 13.0. The van der Waals surface area contributed by atoms with Crippen LogP contribution in [0.1, 0.15) is 11.4 Å². The van der Waals surface area contributed by atoms with Crippen molar-refractivity contribution in [1.29, 1.82) is 0 Å². The summed E-state index contributed by atoms with van der Waals surface area (Å²) in [6.07, 6.45) is -1.95. The van der Waals surface area contributed by atoms with Gasteiger partial charge in [-0.2, -0.15) is 13.2 Å². The van der Waals surface area contributed by atoms with Crippen LogP contribution in [0.4, 0.5) is 13.2 Å². The first kappa shape index (κ1) is 17.3. The molecule has 1 aliphatic heterocycles. The zero-order chi connectivity index (χ0) is 18.0. The van der Waals surface area contributed by atoms with Crippen LogP contribution in [-0.2, 0) is 26.9 Å². The third-order valence-electron chi connectivity index (χ3n) is 3.35. The molecule has 7 nitrogen and oxygen atoms in total. The first-order valence-corrected chi connectivity index (χ1v) is 7.57. The molecular weight excluding hydrogens is 365 g/mol. The molecule has 0 atom stereocenters. The maximum Gasteiger partial charge on any atom is 0.420 e. The summed E-state index contributed by atoms with van der Waals surface area (Å²) in [4.78, 5) is 11.8. The van der Waals surface area contributed by atoms with Crippen LogP contribution < -0.4 is 5.32 Å². The number of nitrogens with zero attached hydrogens (tertiary/aromatic N) is 3. The van der Waals surface area contributed by atoms with Crippen LogP contribution in [0.3, 0.4) is 0 Å². The Morgan fingerprint density at radius 2 is 2.16 bits per heavy atom. The average molecular weight is 377 g/mol. The van der Waals surface area contributed by atoms with Gasteiger partial charge >= 0.3 is 6.18 Å². The average Bonchev–Trinajstić information content (AvgIpc) is 2.97. The van der Waals surface area contributed by atoms with Crippen molar-refractivity contribution < 1.29 is 27.4 Å². The van der Waals surface area contributed by atoms with E-state index in [9.17, 15) is 18.0 Å². The number of nitrogens with one attached hydrogen (secondary N) is 1. The topological polar surface area (TPSA) is 77.8 Å². The van der Waals surface area contributed by atoms with Gasteiger partial charge in [0.05, 0.1) is 5.02 Å². The molecule has 2 aromatic rings. The first-order chi connectivity index (χ1) is 11.9. The van der Waals surface area contributed by atoms with Gasteiger partial charge < -0.3 is 14.8 Å². The van der Waals surface area contributed by atoms with Crippen molar-refractivity contribution in [3.63, 3.8) is 0 Å². The molecule has 2 aromatic heterocycles. The van der Waals surface area contributed by atoms with Crippen molar-refractivity contribution in [2.75, 3.05) is 19.8 Å². The minimum Gasteiger partial charge on any atom is -0.494 e. The van der Waals surface area contributed by atoms with E-state index in [1.165, 1.54) is 12.5 Å². The standard InChI is InChI=1S/C14H12ClF3N4O3/c15-8-5-9(14(16,17)18)12-21-20-11(22(12)6-8)1-2-19-13(23)10-7-24-3-4-25-10/h5-7H,1-4H2,(H,19,23). The predicted octanol–water partition coefficient (Wildman–Crippen LogP) is 1.95. The monoisotopic (exact) mass is 376 g/mol. The van der Waals surface area contributed by atoms with E-state index < -0.39 is 17.6 Å². The number of halogens is 4. The number of pyridine rings is 1. The van der Waals surface area contributed by atoms with E-state index in [-0.39, 0.29) is 41.8 Å². The van der Waals surface area contributed by atoms with Crippen LogP contribution >= 0.6 is 11.6 Å². The van der Waals surface area contributed by atoms with E-state index in [1.54, 1.807) is 0 Å². The number of amides is 1. The zero-order valence-electron chi connectivity index (χ0n) is 12.6. The van der Waals surface area contributed by atoms with Crippen LogP contribution in [-0.4, -0.2) is 40.3 Å². The molecule has 0 saturated carbocycles. The lowest BCUT2D eigenvalue weighted by Gasteiger charge is -2.14. The summed E-state index contributed by atoms with van der Waals surface area (Å²) in [7, 11) is 0. The number of rotatable bonds is 4. The Morgan fingerprint density at radius 3 is 2.84 bits per heavy atom. The van der Waals surface area contributed by atoms with Gasteiger partial charge in [0.2, 0.25) is 5.76 Å². The Bertz CT molecular complexity index is 835. The molecule has 0 fully saturated rings. The number of hydrogen-bond acceptors (Lipinski definition) is 5. The number of aromatic nitrogens is 3. The van der Waals surface area contributed by atoms with Crippen molar-refractivity contribution in [3.05, 3.63) is 40.7 Å². The maximum atomic E-state index is 13.0. The first-order valence-electron chi connectivity index (χ1n) is 7.19.